The molecule has 1 aliphatic rings. The van der Waals surface area contributed by atoms with Gasteiger partial charge in [-0.25, -0.2) is 4.39 Å². The van der Waals surface area contributed by atoms with Crippen molar-refractivity contribution in [2.24, 2.45) is 0 Å². The van der Waals surface area contributed by atoms with Crippen molar-refractivity contribution in [1.82, 2.24) is 0 Å². The monoisotopic (exact) mass is 320 g/mol. The summed E-state index contributed by atoms with van der Waals surface area (Å²) in [6.07, 6.45) is 10.5. The van der Waals surface area contributed by atoms with Crippen molar-refractivity contribution in [1.29, 1.82) is 0 Å². The van der Waals surface area contributed by atoms with Gasteiger partial charge in [0.15, 0.2) is 0 Å². The lowest BCUT2D eigenvalue weighted by molar-refractivity contribution is 0.519. The quantitative estimate of drug-likeness (QED) is 0.592. The molecule has 1 unspecified atom stereocenters. The van der Waals surface area contributed by atoms with Gasteiger partial charge in [-0.3, -0.25) is 0 Å². The van der Waals surface area contributed by atoms with Crippen molar-refractivity contribution in [3.63, 3.8) is 0 Å². The molecule has 1 atom stereocenters. The smallest absolute Gasteiger partial charge is 0.131 e. The van der Waals surface area contributed by atoms with E-state index in [1.54, 1.807) is 6.07 Å². The molecule has 0 amide bonds. The third kappa shape index (κ3) is 3.21. The molecule has 1 aliphatic carbocycles. The van der Waals surface area contributed by atoms with Crippen LogP contribution in [0.25, 0.3) is 5.57 Å². The van der Waals surface area contributed by atoms with Gasteiger partial charge in [0, 0.05) is 11.0 Å². The summed E-state index contributed by atoms with van der Waals surface area (Å²) in [5.41, 5.74) is 4.15. The van der Waals surface area contributed by atoms with Crippen molar-refractivity contribution in [3.05, 3.63) is 89.3 Å². The summed E-state index contributed by atoms with van der Waals surface area (Å²) in [5, 5.41) is 0. The molecule has 0 N–H and O–H groups in total. The van der Waals surface area contributed by atoms with E-state index in [0.717, 1.165) is 36.8 Å². The van der Waals surface area contributed by atoms with Gasteiger partial charge >= 0.3 is 0 Å². The first-order chi connectivity index (χ1) is 11.7. The maximum absolute atomic E-state index is 14.5. The van der Waals surface area contributed by atoms with E-state index in [1.807, 2.05) is 12.1 Å². The van der Waals surface area contributed by atoms with Crippen LogP contribution in [0.2, 0.25) is 0 Å². The molecule has 0 saturated heterocycles. The molecule has 0 aliphatic heterocycles. The second-order valence-corrected chi connectivity index (χ2v) is 6.64. The molecule has 0 fully saturated rings. The Morgan fingerprint density at radius 3 is 2.42 bits per heavy atom. The molecule has 0 saturated carbocycles. The second-order valence-electron chi connectivity index (χ2n) is 6.64. The maximum atomic E-state index is 14.5. The highest BCUT2D eigenvalue weighted by atomic mass is 19.1. The van der Waals surface area contributed by atoms with E-state index >= 15 is 0 Å². The zero-order chi connectivity index (χ0) is 17.0. The van der Waals surface area contributed by atoms with E-state index in [-0.39, 0.29) is 11.2 Å². The fourth-order valence-electron chi connectivity index (χ4n) is 3.56. The Kier molecular flexibility index (Phi) is 4.99. The highest BCUT2D eigenvalue weighted by Gasteiger charge is 2.28. The van der Waals surface area contributed by atoms with E-state index in [0.29, 0.717) is 5.56 Å². The predicted molar refractivity (Wildman–Crippen MR) is 101 cm³/mol. The summed E-state index contributed by atoms with van der Waals surface area (Å²) < 4.78 is 14.5. The average molecular weight is 320 g/mol. The van der Waals surface area contributed by atoms with Gasteiger partial charge in [0.2, 0.25) is 0 Å². The molecule has 0 radical (unpaired) electrons. The van der Waals surface area contributed by atoms with E-state index in [9.17, 15) is 4.39 Å². The number of benzene rings is 2. The van der Waals surface area contributed by atoms with Gasteiger partial charge in [0.1, 0.15) is 5.82 Å². The van der Waals surface area contributed by atoms with Crippen molar-refractivity contribution in [2.45, 2.75) is 44.9 Å². The Bertz CT molecular complexity index is 755. The van der Waals surface area contributed by atoms with Crippen LogP contribution >= 0.6 is 0 Å². The lowest BCUT2D eigenvalue weighted by atomic mass is 9.72. The van der Waals surface area contributed by atoms with E-state index in [2.05, 4.69) is 62.4 Å². The van der Waals surface area contributed by atoms with Gasteiger partial charge < -0.3 is 0 Å². The lowest BCUT2D eigenvalue weighted by Gasteiger charge is -2.32. The number of rotatable bonds is 5. The van der Waals surface area contributed by atoms with Crippen molar-refractivity contribution in [2.75, 3.05) is 0 Å². The third-order valence-corrected chi connectivity index (χ3v) is 5.13. The van der Waals surface area contributed by atoms with Crippen LogP contribution in [0.15, 0.2) is 66.8 Å². The van der Waals surface area contributed by atoms with Crippen LogP contribution in [0.4, 0.5) is 4.39 Å². The first-order valence-electron chi connectivity index (χ1n) is 8.92. The zero-order valence-electron chi connectivity index (χ0n) is 14.6. The largest absolute Gasteiger partial charge is 0.206 e. The SMILES string of the molecule is CCCc1ccc(C2=CCC(CC)(c3ccccc3)C=C2)c(F)c1. The van der Waals surface area contributed by atoms with Crippen molar-refractivity contribution < 1.29 is 4.39 Å². The van der Waals surface area contributed by atoms with E-state index in [4.69, 9.17) is 0 Å². The summed E-state index contributed by atoms with van der Waals surface area (Å²) in [6.45, 7) is 4.34. The minimum Gasteiger partial charge on any atom is -0.206 e. The van der Waals surface area contributed by atoms with Gasteiger partial charge in [0.05, 0.1) is 0 Å². The van der Waals surface area contributed by atoms with Crippen LogP contribution in [-0.2, 0) is 11.8 Å². The third-order valence-electron chi connectivity index (χ3n) is 5.13. The maximum Gasteiger partial charge on any atom is 0.131 e. The normalized spacial score (nSPS) is 20.0. The number of halogens is 1. The van der Waals surface area contributed by atoms with Gasteiger partial charge in [-0.15, -0.1) is 0 Å². The fourth-order valence-corrected chi connectivity index (χ4v) is 3.56. The zero-order valence-corrected chi connectivity index (χ0v) is 14.6. The molecule has 0 aromatic heterocycles. The first kappa shape index (κ1) is 16.7. The summed E-state index contributed by atoms with van der Waals surface area (Å²) in [5.74, 6) is -0.111. The minimum absolute atomic E-state index is 0.0311. The minimum atomic E-state index is -0.111. The molecule has 0 spiro atoms. The molecular weight excluding hydrogens is 295 g/mol. The highest BCUT2D eigenvalue weighted by Crippen LogP contribution is 2.39. The Labute approximate surface area is 144 Å². The molecule has 0 heterocycles. The molecule has 2 aromatic carbocycles. The number of hydrogen-bond acceptors (Lipinski definition) is 0. The van der Waals surface area contributed by atoms with Crippen LogP contribution in [0.1, 0.15) is 49.8 Å². The van der Waals surface area contributed by atoms with Crippen molar-refractivity contribution >= 4 is 5.57 Å². The molecule has 1 heteroatoms. The molecular formula is C23H25F. The summed E-state index contributed by atoms with van der Waals surface area (Å²) in [7, 11) is 0. The number of allylic oxidation sites excluding steroid dienone is 4. The van der Waals surface area contributed by atoms with Gasteiger partial charge in [-0.1, -0.05) is 81.0 Å². The Balaban J connectivity index is 1.87. The Morgan fingerprint density at radius 2 is 1.83 bits per heavy atom. The summed E-state index contributed by atoms with van der Waals surface area (Å²) >= 11 is 0. The van der Waals surface area contributed by atoms with Crippen LogP contribution in [-0.4, -0.2) is 0 Å². The summed E-state index contributed by atoms with van der Waals surface area (Å²) in [4.78, 5) is 0. The summed E-state index contributed by atoms with van der Waals surface area (Å²) in [6, 6.07) is 16.3. The number of aryl methyl sites for hydroxylation is 1. The van der Waals surface area contributed by atoms with Crippen LogP contribution in [0.5, 0.6) is 0 Å². The van der Waals surface area contributed by atoms with Crippen LogP contribution in [0.3, 0.4) is 0 Å². The number of hydrogen-bond donors (Lipinski definition) is 0. The van der Waals surface area contributed by atoms with Crippen LogP contribution in [0, 0.1) is 5.82 Å². The Hall–Kier alpha value is -2.15. The van der Waals surface area contributed by atoms with Crippen LogP contribution < -0.4 is 0 Å². The molecule has 3 rings (SSSR count). The van der Waals surface area contributed by atoms with E-state index < -0.39 is 0 Å². The molecule has 124 valence electrons. The van der Waals surface area contributed by atoms with Gasteiger partial charge in [-0.2, -0.15) is 0 Å². The van der Waals surface area contributed by atoms with Crippen molar-refractivity contribution in [3.8, 4) is 0 Å². The topological polar surface area (TPSA) is 0 Å². The van der Waals surface area contributed by atoms with Gasteiger partial charge in [-0.05, 0) is 42.0 Å². The fraction of sp³-hybridized carbons (Fsp3) is 0.304. The first-order valence-corrected chi connectivity index (χ1v) is 8.92. The Morgan fingerprint density at radius 1 is 1.04 bits per heavy atom. The lowest BCUT2D eigenvalue weighted by Crippen LogP contribution is -2.23. The molecule has 24 heavy (non-hydrogen) atoms. The molecule has 2 aromatic rings. The van der Waals surface area contributed by atoms with E-state index in [1.165, 1.54) is 5.56 Å². The van der Waals surface area contributed by atoms with Gasteiger partial charge in [0.25, 0.3) is 0 Å². The average Bonchev–Trinajstić information content (AvgIpc) is 2.63. The highest BCUT2D eigenvalue weighted by molar-refractivity contribution is 5.76. The molecule has 0 nitrogen and oxygen atoms in total. The molecule has 0 bridgehead atoms. The second kappa shape index (κ2) is 7.17. The standard InChI is InChI=1S/C23H25F/c1-3-8-18-11-12-21(22(24)17-18)19-13-15-23(4-2,16-14-19)20-9-6-5-7-10-20/h5-7,9-15,17H,3-4,8,16H2,1-2H3. The predicted octanol–water partition coefficient (Wildman–Crippen LogP) is 6.47.